The lowest BCUT2D eigenvalue weighted by Crippen LogP contribution is -2.57. The second-order valence-corrected chi connectivity index (χ2v) is 8.88. The zero-order valence-corrected chi connectivity index (χ0v) is 17.8. The summed E-state index contributed by atoms with van der Waals surface area (Å²) < 4.78 is 20.2. The van der Waals surface area contributed by atoms with Gasteiger partial charge >= 0.3 is 0 Å². The number of morpholine rings is 1. The average molecular weight is 449 g/mol. The van der Waals surface area contributed by atoms with Gasteiger partial charge in [-0.15, -0.1) is 11.3 Å². The number of amides is 2. The summed E-state index contributed by atoms with van der Waals surface area (Å²) in [6, 6.07) is 8.06. The molecule has 2 aromatic rings. The molecule has 0 radical (unpaired) electrons. The molecule has 1 aliphatic carbocycles. The van der Waals surface area contributed by atoms with Gasteiger partial charge in [0.1, 0.15) is 18.5 Å². The Balaban J connectivity index is 1.55. The molecule has 2 atom stereocenters. The lowest BCUT2D eigenvalue weighted by molar-refractivity contribution is -0.151. The number of ether oxygens (including phenoxy) is 1. The van der Waals surface area contributed by atoms with Crippen LogP contribution >= 0.6 is 22.9 Å². The highest BCUT2D eigenvalue weighted by Gasteiger charge is 2.42. The summed E-state index contributed by atoms with van der Waals surface area (Å²) in [6.45, 7) is 0.369. The molecule has 1 aromatic heterocycles. The largest absolute Gasteiger partial charge is 0.482 e. The number of fused-ring (bicyclic) bond motifs is 1. The normalized spacial score (nSPS) is 22.5. The third-order valence-corrected chi connectivity index (χ3v) is 6.65. The van der Waals surface area contributed by atoms with E-state index in [-0.39, 0.29) is 40.9 Å². The number of benzene rings is 1. The molecule has 1 N–H and O–H groups in total. The minimum absolute atomic E-state index is 0.0243. The summed E-state index contributed by atoms with van der Waals surface area (Å²) in [7, 11) is 0. The van der Waals surface area contributed by atoms with Gasteiger partial charge in [0, 0.05) is 10.4 Å². The standard InChI is InChI=1S/C22H22ClFN2O3S/c23-16-6-3-7-17(24)15(16)11-20-22(28)26(18-8-1-2-9-19(18)29-20)13-21(27)25-12-14-5-4-10-30-14/h3-7,10-11,18-19H,1-2,8-9,12-13H2,(H,25,27)/b20-11-. The van der Waals surface area contributed by atoms with Gasteiger partial charge in [0.15, 0.2) is 5.76 Å². The average Bonchev–Trinajstić information content (AvgIpc) is 3.26. The van der Waals surface area contributed by atoms with Crippen molar-refractivity contribution in [2.75, 3.05) is 6.54 Å². The topological polar surface area (TPSA) is 58.6 Å². The van der Waals surface area contributed by atoms with E-state index in [1.165, 1.54) is 18.2 Å². The third-order valence-electron chi connectivity index (χ3n) is 5.45. The molecule has 158 valence electrons. The lowest BCUT2D eigenvalue weighted by atomic mass is 9.89. The molecule has 0 spiro atoms. The van der Waals surface area contributed by atoms with E-state index in [0.717, 1.165) is 30.6 Å². The van der Waals surface area contributed by atoms with Crippen LogP contribution in [-0.4, -0.2) is 35.4 Å². The Hall–Kier alpha value is -2.38. The molecule has 1 aromatic carbocycles. The number of rotatable bonds is 5. The molecule has 1 saturated heterocycles. The molecule has 1 aliphatic heterocycles. The zero-order chi connectivity index (χ0) is 21.1. The van der Waals surface area contributed by atoms with Crippen LogP contribution in [0.5, 0.6) is 0 Å². The predicted octanol–water partition coefficient (Wildman–Crippen LogP) is 4.37. The Labute approximate surface area is 183 Å². The van der Waals surface area contributed by atoms with E-state index in [0.29, 0.717) is 6.54 Å². The number of nitrogens with one attached hydrogen (secondary N) is 1. The minimum Gasteiger partial charge on any atom is -0.482 e. The van der Waals surface area contributed by atoms with Crippen LogP contribution in [0.3, 0.4) is 0 Å². The summed E-state index contributed by atoms with van der Waals surface area (Å²) in [5.41, 5.74) is 0.110. The Morgan fingerprint density at radius 3 is 2.90 bits per heavy atom. The van der Waals surface area contributed by atoms with Crippen LogP contribution in [0.15, 0.2) is 41.5 Å². The van der Waals surface area contributed by atoms with Crippen molar-refractivity contribution in [1.29, 1.82) is 0 Å². The maximum atomic E-state index is 14.2. The number of carbonyl (C=O) groups excluding carboxylic acids is 2. The molecule has 4 rings (SSSR count). The number of thiophene rings is 1. The molecule has 2 unspecified atom stereocenters. The quantitative estimate of drug-likeness (QED) is 0.691. The highest BCUT2D eigenvalue weighted by molar-refractivity contribution is 7.09. The third kappa shape index (κ3) is 4.52. The fourth-order valence-electron chi connectivity index (χ4n) is 3.95. The van der Waals surface area contributed by atoms with Gasteiger partial charge in [-0.1, -0.05) is 30.2 Å². The fourth-order valence-corrected chi connectivity index (χ4v) is 4.81. The van der Waals surface area contributed by atoms with Crippen LogP contribution in [0.25, 0.3) is 6.08 Å². The number of halogens is 2. The maximum absolute atomic E-state index is 14.2. The Kier molecular flexibility index (Phi) is 6.39. The molecule has 1 saturated carbocycles. The van der Waals surface area contributed by atoms with Crippen molar-refractivity contribution in [2.45, 2.75) is 44.4 Å². The van der Waals surface area contributed by atoms with E-state index in [1.54, 1.807) is 22.3 Å². The van der Waals surface area contributed by atoms with Crippen LogP contribution in [0, 0.1) is 5.82 Å². The van der Waals surface area contributed by atoms with E-state index in [4.69, 9.17) is 16.3 Å². The highest BCUT2D eigenvalue weighted by Crippen LogP contribution is 2.34. The van der Waals surface area contributed by atoms with Gasteiger partial charge in [0.2, 0.25) is 5.91 Å². The summed E-state index contributed by atoms with van der Waals surface area (Å²) in [4.78, 5) is 28.3. The fraction of sp³-hybridized carbons (Fsp3) is 0.364. The predicted molar refractivity (Wildman–Crippen MR) is 114 cm³/mol. The van der Waals surface area contributed by atoms with Crippen LogP contribution in [-0.2, 0) is 20.9 Å². The molecule has 2 amide bonds. The van der Waals surface area contributed by atoms with Gasteiger partial charge < -0.3 is 15.0 Å². The van der Waals surface area contributed by atoms with Crippen molar-refractivity contribution in [3.63, 3.8) is 0 Å². The lowest BCUT2D eigenvalue weighted by Gasteiger charge is -2.44. The van der Waals surface area contributed by atoms with E-state index < -0.39 is 11.7 Å². The van der Waals surface area contributed by atoms with E-state index in [9.17, 15) is 14.0 Å². The van der Waals surface area contributed by atoms with E-state index in [1.807, 2.05) is 17.5 Å². The summed E-state index contributed by atoms with van der Waals surface area (Å²) in [5, 5.41) is 5.02. The first-order chi connectivity index (χ1) is 14.5. The first-order valence-electron chi connectivity index (χ1n) is 9.95. The van der Waals surface area contributed by atoms with Gasteiger partial charge in [-0.25, -0.2) is 4.39 Å². The van der Waals surface area contributed by atoms with E-state index >= 15 is 0 Å². The van der Waals surface area contributed by atoms with Gasteiger partial charge in [0.05, 0.1) is 17.6 Å². The zero-order valence-electron chi connectivity index (χ0n) is 16.3. The maximum Gasteiger partial charge on any atom is 0.289 e. The number of hydrogen-bond acceptors (Lipinski definition) is 4. The number of carbonyl (C=O) groups is 2. The first-order valence-corrected chi connectivity index (χ1v) is 11.2. The highest BCUT2D eigenvalue weighted by atomic mass is 35.5. The van der Waals surface area contributed by atoms with Gasteiger partial charge in [-0.05, 0) is 48.9 Å². The molecule has 0 bridgehead atoms. The van der Waals surface area contributed by atoms with Gasteiger partial charge in [0.25, 0.3) is 5.91 Å². The van der Waals surface area contributed by atoms with Crippen molar-refractivity contribution in [1.82, 2.24) is 10.2 Å². The SMILES string of the molecule is O=C(CN1C(=O)/C(=C/c2c(F)cccc2Cl)OC2CCCCC21)NCc1cccs1. The summed E-state index contributed by atoms with van der Waals surface area (Å²) in [5.74, 6) is -1.15. The second kappa shape index (κ2) is 9.18. The van der Waals surface area contributed by atoms with Crippen molar-refractivity contribution in [3.05, 3.63) is 62.8 Å². The van der Waals surface area contributed by atoms with Crippen LogP contribution in [0.2, 0.25) is 5.02 Å². The summed E-state index contributed by atoms with van der Waals surface area (Å²) in [6.07, 6.45) is 4.67. The molecular formula is C22H22ClFN2O3S. The molecule has 2 fully saturated rings. The monoisotopic (exact) mass is 448 g/mol. The second-order valence-electron chi connectivity index (χ2n) is 7.44. The Morgan fingerprint density at radius 1 is 1.30 bits per heavy atom. The van der Waals surface area contributed by atoms with Crippen molar-refractivity contribution < 1.29 is 18.7 Å². The molecular weight excluding hydrogens is 427 g/mol. The van der Waals surface area contributed by atoms with Crippen molar-refractivity contribution >= 4 is 40.8 Å². The molecule has 8 heteroatoms. The molecule has 2 heterocycles. The number of hydrogen-bond donors (Lipinski definition) is 1. The minimum atomic E-state index is -0.530. The number of nitrogens with zero attached hydrogens (tertiary/aromatic N) is 1. The molecule has 5 nitrogen and oxygen atoms in total. The summed E-state index contributed by atoms with van der Waals surface area (Å²) >= 11 is 7.68. The van der Waals surface area contributed by atoms with Crippen LogP contribution < -0.4 is 5.32 Å². The van der Waals surface area contributed by atoms with E-state index in [2.05, 4.69) is 5.32 Å². The van der Waals surface area contributed by atoms with Crippen LogP contribution in [0.1, 0.15) is 36.1 Å². The van der Waals surface area contributed by atoms with Gasteiger partial charge in [-0.2, -0.15) is 0 Å². The first kappa shape index (κ1) is 20.9. The van der Waals surface area contributed by atoms with Crippen molar-refractivity contribution in [2.24, 2.45) is 0 Å². The Morgan fingerprint density at radius 2 is 2.13 bits per heavy atom. The Bertz CT molecular complexity index is 943. The molecule has 2 aliphatic rings. The van der Waals surface area contributed by atoms with Crippen LogP contribution in [0.4, 0.5) is 4.39 Å². The smallest absolute Gasteiger partial charge is 0.289 e. The van der Waals surface area contributed by atoms with Crippen molar-refractivity contribution in [3.8, 4) is 0 Å². The molecule has 30 heavy (non-hydrogen) atoms. The van der Waals surface area contributed by atoms with Gasteiger partial charge in [-0.3, -0.25) is 9.59 Å².